The lowest BCUT2D eigenvalue weighted by Crippen LogP contribution is -2.11. The minimum Gasteiger partial charge on any atom is -0.469 e. The van der Waals surface area contributed by atoms with Crippen LogP contribution in [0, 0.1) is 6.92 Å². The number of methoxy groups -OCH3 is 1. The molecule has 0 fully saturated rings. The molecule has 18 heavy (non-hydrogen) atoms. The smallest absolute Gasteiger partial charge is 0.387 e. The predicted octanol–water partition coefficient (Wildman–Crippen LogP) is 3.21. The van der Waals surface area contributed by atoms with Gasteiger partial charge in [0.25, 0.3) is 0 Å². The fraction of sp³-hybridized carbons (Fsp3) is 0.417. The molecule has 0 N–H and O–H groups in total. The van der Waals surface area contributed by atoms with Crippen molar-refractivity contribution >= 4 is 21.9 Å². The zero-order chi connectivity index (χ0) is 13.7. The standard InChI is InChI=1S/C12H13BrF2O3/c1-7-3-8(6-13)4-9(5-10(16)17-2)11(7)18-12(14)15/h3-4,12H,5-6H2,1-2H3. The van der Waals surface area contributed by atoms with E-state index in [2.05, 4.69) is 25.4 Å². The Bertz CT molecular complexity index is 436. The molecule has 0 spiro atoms. The predicted molar refractivity (Wildman–Crippen MR) is 66.2 cm³/mol. The van der Waals surface area contributed by atoms with Crippen molar-refractivity contribution in [1.29, 1.82) is 0 Å². The van der Waals surface area contributed by atoms with Crippen molar-refractivity contribution in [2.24, 2.45) is 0 Å². The van der Waals surface area contributed by atoms with Crippen molar-refractivity contribution in [3.05, 3.63) is 28.8 Å². The van der Waals surface area contributed by atoms with E-state index in [1.165, 1.54) is 7.11 Å². The quantitative estimate of drug-likeness (QED) is 0.617. The molecule has 0 saturated heterocycles. The fourth-order valence-electron chi connectivity index (χ4n) is 1.62. The van der Waals surface area contributed by atoms with Gasteiger partial charge in [0.2, 0.25) is 0 Å². The number of hydrogen-bond acceptors (Lipinski definition) is 3. The summed E-state index contributed by atoms with van der Waals surface area (Å²) in [6.07, 6.45) is -0.0970. The van der Waals surface area contributed by atoms with Crippen LogP contribution in [-0.2, 0) is 21.3 Å². The molecule has 3 nitrogen and oxygen atoms in total. The third-order valence-electron chi connectivity index (χ3n) is 2.34. The minimum atomic E-state index is -2.92. The third kappa shape index (κ3) is 3.94. The average Bonchev–Trinajstić information content (AvgIpc) is 2.32. The van der Waals surface area contributed by atoms with Crippen molar-refractivity contribution < 1.29 is 23.0 Å². The first-order valence-corrected chi connectivity index (χ1v) is 6.30. The Kier molecular flexibility index (Phi) is 5.53. The highest BCUT2D eigenvalue weighted by Gasteiger charge is 2.16. The van der Waals surface area contributed by atoms with E-state index in [0.29, 0.717) is 16.5 Å². The van der Waals surface area contributed by atoms with Crippen molar-refractivity contribution in [3.8, 4) is 5.75 Å². The van der Waals surface area contributed by atoms with E-state index in [4.69, 9.17) is 0 Å². The van der Waals surface area contributed by atoms with Crippen LogP contribution in [0.25, 0.3) is 0 Å². The summed E-state index contributed by atoms with van der Waals surface area (Å²) >= 11 is 3.28. The first kappa shape index (κ1) is 14.9. The molecule has 0 unspecified atom stereocenters. The van der Waals surface area contributed by atoms with E-state index < -0.39 is 12.6 Å². The van der Waals surface area contributed by atoms with E-state index in [0.717, 1.165) is 5.56 Å². The molecule has 0 radical (unpaired) electrons. The maximum atomic E-state index is 12.3. The molecule has 0 aliphatic carbocycles. The molecule has 1 rings (SSSR count). The van der Waals surface area contributed by atoms with Gasteiger partial charge in [-0.15, -0.1) is 0 Å². The van der Waals surface area contributed by atoms with Gasteiger partial charge in [-0.2, -0.15) is 8.78 Å². The van der Waals surface area contributed by atoms with Gasteiger partial charge in [0.05, 0.1) is 13.5 Å². The molecule has 6 heteroatoms. The van der Waals surface area contributed by atoms with Crippen LogP contribution in [0.3, 0.4) is 0 Å². The Morgan fingerprint density at radius 1 is 1.44 bits per heavy atom. The van der Waals surface area contributed by atoms with E-state index in [1.54, 1.807) is 19.1 Å². The van der Waals surface area contributed by atoms with Crippen molar-refractivity contribution in [2.45, 2.75) is 25.3 Å². The second kappa shape index (κ2) is 6.68. The molecule has 0 saturated carbocycles. The van der Waals surface area contributed by atoms with Gasteiger partial charge in [0.15, 0.2) is 0 Å². The maximum Gasteiger partial charge on any atom is 0.387 e. The molecule has 1 aromatic rings. The van der Waals surface area contributed by atoms with E-state index in [9.17, 15) is 13.6 Å². The number of esters is 1. The summed E-state index contributed by atoms with van der Waals surface area (Å²) in [5.74, 6) is -0.458. The van der Waals surface area contributed by atoms with Crippen LogP contribution in [0.2, 0.25) is 0 Å². The van der Waals surface area contributed by atoms with Gasteiger partial charge in [-0.25, -0.2) is 0 Å². The second-order valence-corrected chi connectivity index (χ2v) is 4.23. The number of aryl methyl sites for hydroxylation is 1. The van der Waals surface area contributed by atoms with Gasteiger partial charge >= 0.3 is 12.6 Å². The zero-order valence-electron chi connectivity index (χ0n) is 10.0. The van der Waals surface area contributed by atoms with Gasteiger partial charge in [-0.3, -0.25) is 4.79 Å². The summed E-state index contributed by atoms with van der Waals surface area (Å²) < 4.78 is 33.7. The summed E-state index contributed by atoms with van der Waals surface area (Å²) in [6, 6.07) is 3.38. The van der Waals surface area contributed by atoms with Crippen molar-refractivity contribution in [1.82, 2.24) is 0 Å². The normalized spacial score (nSPS) is 10.6. The molecule has 100 valence electrons. The number of benzene rings is 1. The molecular weight excluding hydrogens is 310 g/mol. The van der Waals surface area contributed by atoms with Crippen molar-refractivity contribution in [3.63, 3.8) is 0 Å². The number of carbonyl (C=O) groups is 1. The van der Waals surface area contributed by atoms with Gasteiger partial charge < -0.3 is 9.47 Å². The highest BCUT2D eigenvalue weighted by Crippen LogP contribution is 2.28. The Morgan fingerprint density at radius 2 is 2.11 bits per heavy atom. The van der Waals surface area contributed by atoms with Crippen LogP contribution >= 0.6 is 15.9 Å². The Morgan fingerprint density at radius 3 is 2.61 bits per heavy atom. The van der Waals surface area contributed by atoms with Crippen LogP contribution in [0.4, 0.5) is 8.78 Å². The summed E-state index contributed by atoms with van der Waals surface area (Å²) in [5, 5.41) is 0.566. The molecule has 1 aromatic carbocycles. The molecule has 0 atom stereocenters. The Balaban J connectivity index is 3.15. The van der Waals surface area contributed by atoms with Crippen LogP contribution in [-0.4, -0.2) is 19.7 Å². The second-order valence-electron chi connectivity index (χ2n) is 3.67. The number of halogens is 3. The zero-order valence-corrected chi connectivity index (χ0v) is 11.6. The minimum absolute atomic E-state index is 0.0418. The molecule has 0 aliphatic rings. The number of alkyl halides is 3. The maximum absolute atomic E-state index is 12.3. The molecule has 0 heterocycles. The van der Waals surface area contributed by atoms with Gasteiger partial charge in [0.1, 0.15) is 5.75 Å². The highest BCUT2D eigenvalue weighted by molar-refractivity contribution is 9.08. The molecular formula is C12H13BrF2O3. The monoisotopic (exact) mass is 322 g/mol. The number of ether oxygens (including phenoxy) is 2. The van der Waals surface area contributed by atoms with Crippen LogP contribution < -0.4 is 4.74 Å². The first-order chi connectivity index (χ1) is 8.47. The molecule has 0 bridgehead atoms. The average molecular weight is 323 g/mol. The SMILES string of the molecule is COC(=O)Cc1cc(CBr)cc(C)c1OC(F)F. The lowest BCUT2D eigenvalue weighted by molar-refractivity contribution is -0.139. The first-order valence-electron chi connectivity index (χ1n) is 5.18. The lowest BCUT2D eigenvalue weighted by atomic mass is 10.0. The largest absolute Gasteiger partial charge is 0.469 e. The lowest BCUT2D eigenvalue weighted by Gasteiger charge is -2.14. The highest BCUT2D eigenvalue weighted by atomic mass is 79.9. The van der Waals surface area contributed by atoms with E-state index in [-0.39, 0.29) is 12.2 Å². The van der Waals surface area contributed by atoms with Crippen molar-refractivity contribution in [2.75, 3.05) is 7.11 Å². The molecule has 0 amide bonds. The third-order valence-corrected chi connectivity index (χ3v) is 2.98. The number of hydrogen-bond donors (Lipinski definition) is 0. The summed E-state index contributed by atoms with van der Waals surface area (Å²) in [6.45, 7) is -1.26. The Hall–Kier alpha value is -1.17. The van der Waals surface area contributed by atoms with Crippen LogP contribution in [0.15, 0.2) is 12.1 Å². The van der Waals surface area contributed by atoms with Crippen LogP contribution in [0.5, 0.6) is 5.75 Å². The number of rotatable bonds is 5. The fourth-order valence-corrected chi connectivity index (χ4v) is 1.95. The molecule has 0 aromatic heterocycles. The van der Waals surface area contributed by atoms with Gasteiger partial charge in [-0.05, 0) is 18.1 Å². The summed E-state index contributed by atoms with van der Waals surface area (Å²) in [5.41, 5.74) is 1.84. The summed E-state index contributed by atoms with van der Waals surface area (Å²) in [4.78, 5) is 11.3. The summed E-state index contributed by atoms with van der Waals surface area (Å²) in [7, 11) is 1.25. The Labute approximate surface area is 112 Å². The van der Waals surface area contributed by atoms with Gasteiger partial charge in [-0.1, -0.05) is 28.1 Å². The van der Waals surface area contributed by atoms with E-state index in [1.807, 2.05) is 0 Å². The van der Waals surface area contributed by atoms with Crippen LogP contribution in [0.1, 0.15) is 16.7 Å². The molecule has 0 aliphatic heterocycles. The topological polar surface area (TPSA) is 35.5 Å². The van der Waals surface area contributed by atoms with E-state index >= 15 is 0 Å². The van der Waals surface area contributed by atoms with Gasteiger partial charge in [0, 0.05) is 10.9 Å². The number of carbonyl (C=O) groups excluding carboxylic acids is 1.